The van der Waals surface area contributed by atoms with Crippen LogP contribution in [-0.2, 0) is 61.9 Å². The molecule has 1 rings (SSSR count). The number of nitrogens with zero attached hydrogens (tertiary/aromatic N) is 3. The predicted molar refractivity (Wildman–Crippen MR) is 151 cm³/mol. The first kappa shape index (κ1) is 38.6. The molecule has 0 aliphatic carbocycles. The molecule has 17 nitrogen and oxygen atoms in total. The summed E-state index contributed by atoms with van der Waals surface area (Å²) < 4.78 is 38.2. The number of azide groups is 1. The van der Waals surface area contributed by atoms with E-state index in [2.05, 4.69) is 21.3 Å². The molecule has 0 unspecified atom stereocenters. The van der Waals surface area contributed by atoms with Crippen LogP contribution in [0.1, 0.15) is 66.2 Å². The average Bonchev–Trinajstić information content (AvgIpc) is 2.96. The monoisotopic (exact) mass is 640 g/mol. The number of ether oxygens (including phenoxy) is 7. The third kappa shape index (κ3) is 13.4. The van der Waals surface area contributed by atoms with Gasteiger partial charge in [0.2, 0.25) is 0 Å². The Morgan fingerprint density at radius 2 is 1.69 bits per heavy atom. The number of carbonyl (C=O) groups excluding carboxylic acids is 6. The maximum atomic E-state index is 13.3. The molecule has 0 spiro atoms. The van der Waals surface area contributed by atoms with Crippen LogP contribution < -0.4 is 5.32 Å². The molecule has 1 heterocycles. The molecule has 45 heavy (non-hydrogen) atoms. The molecule has 1 aliphatic heterocycles. The van der Waals surface area contributed by atoms with Gasteiger partial charge in [-0.2, -0.15) is 0 Å². The zero-order chi connectivity index (χ0) is 34.0. The fraction of sp³-hybridized carbons (Fsp3) is 0.714. The molecule has 17 heteroatoms. The number of esters is 5. The minimum Gasteiger partial charge on any atom is -0.465 e. The minimum atomic E-state index is -2.28. The van der Waals surface area contributed by atoms with E-state index >= 15 is 0 Å². The van der Waals surface area contributed by atoms with Crippen LogP contribution in [0.15, 0.2) is 5.11 Å². The van der Waals surface area contributed by atoms with Gasteiger partial charge in [0.1, 0.15) is 18.3 Å². The quantitative estimate of drug-likeness (QED) is 0.0425. The van der Waals surface area contributed by atoms with E-state index in [4.69, 9.17) is 45.1 Å². The topological polar surface area (TPSA) is 228 Å². The molecular weight excluding hydrogens is 600 g/mol. The van der Waals surface area contributed by atoms with Crippen LogP contribution in [0.3, 0.4) is 0 Å². The van der Waals surface area contributed by atoms with E-state index in [1.54, 1.807) is 0 Å². The number of rotatable bonds is 18. The fourth-order valence-electron chi connectivity index (χ4n) is 4.56. The van der Waals surface area contributed by atoms with E-state index in [1.807, 2.05) is 0 Å². The van der Waals surface area contributed by atoms with Gasteiger partial charge in [-0.05, 0) is 18.4 Å². The summed E-state index contributed by atoms with van der Waals surface area (Å²) in [4.78, 5) is 76.7. The SMILES string of the molecule is C#CCCCCCCO[C@]1(C(=O)OC)C[C@H](OC(C)=O)[C@@H](NC(=O)COC(C)=O)[C@H]([C@H](OC(C)=O)[C@@H](CN=[N+]=[N-])OC(C)=O)O1. The summed E-state index contributed by atoms with van der Waals surface area (Å²) in [6.45, 7) is 2.84. The molecule has 0 aromatic carbocycles. The number of terminal acetylenes is 1. The second kappa shape index (κ2) is 19.8. The summed E-state index contributed by atoms with van der Waals surface area (Å²) in [5.41, 5.74) is 8.95. The molecule has 0 bridgehead atoms. The maximum Gasteiger partial charge on any atom is 0.366 e. The summed E-state index contributed by atoms with van der Waals surface area (Å²) in [6.07, 6.45) is 1.78. The van der Waals surface area contributed by atoms with Gasteiger partial charge >= 0.3 is 29.8 Å². The zero-order valence-corrected chi connectivity index (χ0v) is 26.0. The van der Waals surface area contributed by atoms with Crippen molar-refractivity contribution in [2.75, 3.05) is 26.9 Å². The van der Waals surface area contributed by atoms with Crippen molar-refractivity contribution in [1.82, 2.24) is 5.32 Å². The Kier molecular flexibility index (Phi) is 17.0. The van der Waals surface area contributed by atoms with Gasteiger partial charge < -0.3 is 38.5 Å². The van der Waals surface area contributed by atoms with Crippen molar-refractivity contribution in [1.29, 1.82) is 0 Å². The van der Waals surface area contributed by atoms with E-state index in [0.29, 0.717) is 19.3 Å². The van der Waals surface area contributed by atoms with Gasteiger partial charge in [-0.15, -0.1) is 12.3 Å². The van der Waals surface area contributed by atoms with Crippen molar-refractivity contribution in [3.05, 3.63) is 10.4 Å². The van der Waals surface area contributed by atoms with Gasteiger partial charge in [0, 0.05) is 39.0 Å². The van der Waals surface area contributed by atoms with Crippen molar-refractivity contribution in [2.45, 2.75) is 102 Å². The smallest absolute Gasteiger partial charge is 0.366 e. The number of nitrogens with one attached hydrogen (secondary N) is 1. The van der Waals surface area contributed by atoms with Crippen molar-refractivity contribution >= 4 is 35.8 Å². The lowest BCUT2D eigenvalue weighted by Crippen LogP contribution is -2.69. The summed E-state index contributed by atoms with van der Waals surface area (Å²) in [5.74, 6) is -5.06. The molecule has 0 saturated carbocycles. The van der Waals surface area contributed by atoms with Crippen LogP contribution in [0.5, 0.6) is 0 Å². The third-order valence-electron chi connectivity index (χ3n) is 6.28. The van der Waals surface area contributed by atoms with Crippen molar-refractivity contribution in [3.63, 3.8) is 0 Å². The summed E-state index contributed by atoms with van der Waals surface area (Å²) in [7, 11) is 1.06. The number of carbonyl (C=O) groups is 6. The molecule has 6 atom stereocenters. The highest BCUT2D eigenvalue weighted by Gasteiger charge is 2.59. The number of methoxy groups -OCH3 is 1. The second-order valence-electron chi connectivity index (χ2n) is 9.90. The number of unbranched alkanes of at least 4 members (excludes halogenated alkanes) is 4. The minimum absolute atomic E-state index is 0.0432. The number of hydrogen-bond acceptors (Lipinski definition) is 14. The molecule has 0 radical (unpaired) electrons. The van der Waals surface area contributed by atoms with Gasteiger partial charge in [0.05, 0.1) is 32.7 Å². The first-order valence-electron chi connectivity index (χ1n) is 14.1. The Labute approximate surface area is 260 Å². The molecular formula is C28H40N4O13. The van der Waals surface area contributed by atoms with Crippen LogP contribution in [-0.4, -0.2) is 98.9 Å². The van der Waals surface area contributed by atoms with Crippen molar-refractivity contribution in [3.8, 4) is 12.3 Å². The molecule has 1 amide bonds. The fourth-order valence-corrected chi connectivity index (χ4v) is 4.56. The normalized spacial score (nSPS) is 21.8. The number of hydrogen-bond donors (Lipinski definition) is 1. The Balaban J connectivity index is 3.73. The Bertz CT molecular complexity index is 1150. The summed E-state index contributed by atoms with van der Waals surface area (Å²) in [5, 5.41) is 5.93. The zero-order valence-electron chi connectivity index (χ0n) is 26.0. The van der Waals surface area contributed by atoms with Gasteiger partial charge in [0.15, 0.2) is 12.7 Å². The van der Waals surface area contributed by atoms with Gasteiger partial charge in [0.25, 0.3) is 11.7 Å². The van der Waals surface area contributed by atoms with Crippen molar-refractivity contribution in [2.24, 2.45) is 5.11 Å². The molecule has 1 saturated heterocycles. The highest BCUT2D eigenvalue weighted by atomic mass is 16.7. The molecule has 0 aromatic heterocycles. The van der Waals surface area contributed by atoms with E-state index < -0.39 is 91.6 Å². The van der Waals surface area contributed by atoms with Gasteiger partial charge in [-0.3, -0.25) is 24.0 Å². The van der Waals surface area contributed by atoms with Crippen LogP contribution in [0.25, 0.3) is 10.4 Å². The number of amides is 1. The first-order chi connectivity index (χ1) is 21.3. The Morgan fingerprint density at radius 1 is 1.02 bits per heavy atom. The van der Waals surface area contributed by atoms with Crippen LogP contribution in [0.2, 0.25) is 0 Å². The average molecular weight is 641 g/mol. The summed E-state index contributed by atoms with van der Waals surface area (Å²) in [6, 6.07) is -1.43. The van der Waals surface area contributed by atoms with E-state index in [0.717, 1.165) is 47.6 Å². The standard InChI is InChI=1S/C28H40N4O13/c1-7-8-9-10-11-12-13-41-28(27(38)39-6)14-21(42-18(3)34)24(31-23(37)16-40-17(2)33)26(45-28)25(44-20(5)36)22(15-30-32-29)43-19(4)35/h1,21-22,24-26H,8-16H2,2-6H3,(H,31,37)/t21-,22+,24+,25+,26+,28+/m0/s1. The van der Waals surface area contributed by atoms with E-state index in [9.17, 15) is 28.8 Å². The third-order valence-corrected chi connectivity index (χ3v) is 6.28. The molecule has 1 N–H and O–H groups in total. The Hall–Kier alpha value is -4.39. The van der Waals surface area contributed by atoms with Crippen LogP contribution in [0.4, 0.5) is 0 Å². The molecule has 0 aromatic rings. The van der Waals surface area contributed by atoms with E-state index in [-0.39, 0.29) is 6.61 Å². The predicted octanol–water partition coefficient (Wildman–Crippen LogP) is 1.40. The lowest BCUT2D eigenvalue weighted by molar-refractivity contribution is -0.313. The van der Waals surface area contributed by atoms with Gasteiger partial charge in [-0.25, -0.2) is 4.79 Å². The largest absolute Gasteiger partial charge is 0.465 e. The van der Waals surface area contributed by atoms with Gasteiger partial charge in [-0.1, -0.05) is 18.0 Å². The summed E-state index contributed by atoms with van der Waals surface area (Å²) >= 11 is 0. The highest BCUT2D eigenvalue weighted by molar-refractivity contribution is 5.81. The molecule has 1 fully saturated rings. The van der Waals surface area contributed by atoms with Crippen LogP contribution in [0, 0.1) is 12.3 Å². The van der Waals surface area contributed by atoms with Crippen LogP contribution >= 0.6 is 0 Å². The first-order valence-corrected chi connectivity index (χ1v) is 14.1. The van der Waals surface area contributed by atoms with E-state index in [1.165, 1.54) is 0 Å². The second-order valence-corrected chi connectivity index (χ2v) is 9.90. The van der Waals surface area contributed by atoms with Crippen molar-refractivity contribution < 1.29 is 61.9 Å². The molecule has 250 valence electrons. The lowest BCUT2D eigenvalue weighted by atomic mass is 9.87. The highest BCUT2D eigenvalue weighted by Crippen LogP contribution is 2.37. The lowest BCUT2D eigenvalue weighted by Gasteiger charge is -2.48. The molecule has 1 aliphatic rings. The Morgan fingerprint density at radius 3 is 2.24 bits per heavy atom. The maximum absolute atomic E-state index is 13.3.